The number of fused-ring (bicyclic) bond motifs is 1. The van der Waals surface area contributed by atoms with Crippen LogP contribution in [0.1, 0.15) is 54.0 Å². The first-order valence-electron chi connectivity index (χ1n) is 6.68. The summed E-state index contributed by atoms with van der Waals surface area (Å²) in [4.78, 5) is 30.6. The van der Waals surface area contributed by atoms with E-state index in [0.717, 1.165) is 36.1 Å². The highest BCUT2D eigenvalue weighted by atomic mass is 16.7. The maximum absolute atomic E-state index is 11.9. The predicted molar refractivity (Wildman–Crippen MR) is 72.7 cm³/mol. The average molecular weight is 278 g/mol. The van der Waals surface area contributed by atoms with Gasteiger partial charge in [0.25, 0.3) is 0 Å². The van der Waals surface area contributed by atoms with E-state index in [0.29, 0.717) is 18.0 Å². The van der Waals surface area contributed by atoms with Crippen molar-refractivity contribution < 1.29 is 19.2 Å². The van der Waals surface area contributed by atoms with Crippen LogP contribution in [0.5, 0.6) is 0 Å². The van der Waals surface area contributed by atoms with Crippen LogP contribution in [0, 0.1) is 6.92 Å². The molecule has 1 aromatic rings. The number of hydrogen-bond donors (Lipinski definition) is 1. The van der Waals surface area contributed by atoms with E-state index >= 15 is 0 Å². The van der Waals surface area contributed by atoms with Gasteiger partial charge in [-0.05, 0) is 38.7 Å². The molecule has 2 rings (SSSR count). The summed E-state index contributed by atoms with van der Waals surface area (Å²) in [7, 11) is 0. The quantitative estimate of drug-likeness (QED) is 0.521. The number of nitrogens with one attached hydrogen (secondary N) is 1. The number of nitrogens with zero attached hydrogens (tertiary/aromatic N) is 1. The third-order valence-corrected chi connectivity index (χ3v) is 3.22. The second kappa shape index (κ2) is 5.90. The lowest BCUT2D eigenvalue weighted by Gasteiger charge is -2.13. The van der Waals surface area contributed by atoms with Crippen LogP contribution in [0.3, 0.4) is 0 Å². The number of hydrogen-bond acceptors (Lipinski definition) is 5. The van der Waals surface area contributed by atoms with E-state index < -0.39 is 5.97 Å². The van der Waals surface area contributed by atoms with Crippen molar-refractivity contribution in [3.63, 3.8) is 0 Å². The standard InChI is InChI=1S/C14H18N2O4/c1-4-19-14(18)13-8(2)12-10(15-13)6-5-7-11(12)16-20-9(3)17/h15H,4-7H2,1-3H3/b16-11-. The van der Waals surface area contributed by atoms with Crippen LogP contribution in [0.2, 0.25) is 0 Å². The molecule has 0 amide bonds. The number of oxime groups is 1. The number of H-pyrrole nitrogens is 1. The van der Waals surface area contributed by atoms with Gasteiger partial charge >= 0.3 is 11.9 Å². The molecule has 0 unspecified atom stereocenters. The Labute approximate surface area is 117 Å². The highest BCUT2D eigenvalue weighted by molar-refractivity contribution is 6.06. The fraction of sp³-hybridized carbons (Fsp3) is 0.500. The molecule has 0 fully saturated rings. The summed E-state index contributed by atoms with van der Waals surface area (Å²) in [5.41, 5.74) is 3.77. The lowest BCUT2D eigenvalue weighted by Crippen LogP contribution is -2.13. The minimum absolute atomic E-state index is 0.330. The highest BCUT2D eigenvalue weighted by Crippen LogP contribution is 2.27. The first-order chi connectivity index (χ1) is 9.54. The summed E-state index contributed by atoms with van der Waals surface area (Å²) in [6, 6.07) is 0. The summed E-state index contributed by atoms with van der Waals surface area (Å²) in [5.74, 6) is -0.824. The van der Waals surface area contributed by atoms with Crippen molar-refractivity contribution in [2.24, 2.45) is 5.16 Å². The molecule has 0 radical (unpaired) electrons. The minimum Gasteiger partial charge on any atom is -0.461 e. The minimum atomic E-state index is -0.455. The first kappa shape index (κ1) is 14.3. The summed E-state index contributed by atoms with van der Waals surface area (Å²) in [6.45, 7) is 5.25. The molecule has 6 heteroatoms. The Bertz CT molecular complexity index is 572. The van der Waals surface area contributed by atoms with Gasteiger partial charge in [0.1, 0.15) is 5.69 Å². The molecule has 20 heavy (non-hydrogen) atoms. The lowest BCUT2D eigenvalue weighted by molar-refractivity contribution is -0.140. The van der Waals surface area contributed by atoms with Crippen LogP contribution in [0.4, 0.5) is 0 Å². The highest BCUT2D eigenvalue weighted by Gasteiger charge is 2.26. The zero-order valence-electron chi connectivity index (χ0n) is 11.9. The molecule has 108 valence electrons. The number of aryl methyl sites for hydroxylation is 1. The average Bonchev–Trinajstić information content (AvgIpc) is 2.75. The molecule has 0 aliphatic heterocycles. The van der Waals surface area contributed by atoms with Crippen molar-refractivity contribution >= 4 is 17.7 Å². The van der Waals surface area contributed by atoms with Gasteiger partial charge in [-0.3, -0.25) is 0 Å². The predicted octanol–water partition coefficient (Wildman–Crippen LogP) is 2.10. The van der Waals surface area contributed by atoms with Gasteiger partial charge in [-0.1, -0.05) is 5.16 Å². The van der Waals surface area contributed by atoms with Gasteiger partial charge in [0.05, 0.1) is 12.3 Å². The Morgan fingerprint density at radius 3 is 2.75 bits per heavy atom. The third kappa shape index (κ3) is 2.74. The van der Waals surface area contributed by atoms with Crippen LogP contribution in [-0.4, -0.2) is 29.2 Å². The normalized spacial score (nSPS) is 15.8. The van der Waals surface area contributed by atoms with E-state index in [4.69, 9.17) is 9.57 Å². The van der Waals surface area contributed by atoms with Crippen molar-refractivity contribution in [3.8, 4) is 0 Å². The second-order valence-electron chi connectivity index (χ2n) is 4.67. The molecule has 0 saturated carbocycles. The molecule has 0 saturated heterocycles. The number of aromatic nitrogens is 1. The van der Waals surface area contributed by atoms with Crippen molar-refractivity contribution in [2.75, 3.05) is 6.61 Å². The molecular weight excluding hydrogens is 260 g/mol. The van der Waals surface area contributed by atoms with E-state index in [1.54, 1.807) is 6.92 Å². The van der Waals surface area contributed by atoms with Gasteiger partial charge in [0.15, 0.2) is 0 Å². The van der Waals surface area contributed by atoms with Gasteiger partial charge in [0.2, 0.25) is 0 Å². The van der Waals surface area contributed by atoms with Gasteiger partial charge in [-0.2, -0.15) is 0 Å². The Balaban J connectivity index is 2.39. The molecule has 0 aromatic carbocycles. The number of rotatable bonds is 3. The maximum Gasteiger partial charge on any atom is 0.355 e. The monoisotopic (exact) mass is 278 g/mol. The molecule has 6 nitrogen and oxygen atoms in total. The van der Waals surface area contributed by atoms with Gasteiger partial charge in [-0.25, -0.2) is 9.59 Å². The maximum atomic E-state index is 11.9. The summed E-state index contributed by atoms with van der Waals surface area (Å²) in [5, 5.41) is 3.90. The molecule has 0 bridgehead atoms. The van der Waals surface area contributed by atoms with Crippen LogP contribution < -0.4 is 0 Å². The molecule has 1 aliphatic rings. The number of carbonyl (C=O) groups excluding carboxylic acids is 2. The smallest absolute Gasteiger partial charge is 0.355 e. The fourth-order valence-electron chi connectivity index (χ4n) is 2.41. The van der Waals surface area contributed by atoms with Gasteiger partial charge in [-0.15, -0.1) is 0 Å². The first-order valence-corrected chi connectivity index (χ1v) is 6.68. The van der Waals surface area contributed by atoms with Gasteiger partial charge < -0.3 is 14.6 Å². The molecule has 1 aliphatic carbocycles. The summed E-state index contributed by atoms with van der Waals surface area (Å²) >= 11 is 0. The van der Waals surface area contributed by atoms with Crippen LogP contribution in [0.25, 0.3) is 0 Å². The van der Waals surface area contributed by atoms with Gasteiger partial charge in [0, 0.05) is 18.2 Å². The Hall–Kier alpha value is -2.11. The van der Waals surface area contributed by atoms with E-state index in [2.05, 4.69) is 10.1 Å². The van der Waals surface area contributed by atoms with Crippen LogP contribution >= 0.6 is 0 Å². The van der Waals surface area contributed by atoms with E-state index in [1.165, 1.54) is 6.92 Å². The van der Waals surface area contributed by atoms with Crippen LogP contribution in [-0.2, 0) is 20.8 Å². The number of carbonyl (C=O) groups is 2. The molecule has 1 aromatic heterocycles. The number of aromatic amines is 1. The molecular formula is C14H18N2O4. The zero-order valence-corrected chi connectivity index (χ0v) is 11.9. The third-order valence-electron chi connectivity index (χ3n) is 3.22. The van der Waals surface area contributed by atoms with Crippen molar-refractivity contribution in [1.29, 1.82) is 0 Å². The van der Waals surface area contributed by atoms with E-state index in [1.807, 2.05) is 6.92 Å². The van der Waals surface area contributed by atoms with Crippen molar-refractivity contribution in [3.05, 3.63) is 22.5 Å². The van der Waals surface area contributed by atoms with E-state index in [9.17, 15) is 9.59 Å². The Morgan fingerprint density at radius 2 is 2.10 bits per heavy atom. The zero-order chi connectivity index (χ0) is 14.7. The lowest BCUT2D eigenvalue weighted by atomic mass is 9.93. The van der Waals surface area contributed by atoms with E-state index in [-0.39, 0.29) is 5.97 Å². The van der Waals surface area contributed by atoms with Crippen molar-refractivity contribution in [1.82, 2.24) is 4.98 Å². The summed E-state index contributed by atoms with van der Waals surface area (Å²) < 4.78 is 5.02. The topological polar surface area (TPSA) is 80.8 Å². The SMILES string of the molecule is CCOC(=O)c1[nH]c2c(c1C)/C(=N\OC(C)=O)CCC2. The second-order valence-corrected chi connectivity index (χ2v) is 4.67. The molecule has 1 heterocycles. The molecule has 1 N–H and O–H groups in total. The molecule has 0 spiro atoms. The Morgan fingerprint density at radius 1 is 1.35 bits per heavy atom. The largest absolute Gasteiger partial charge is 0.461 e. The summed E-state index contributed by atoms with van der Waals surface area (Å²) in [6.07, 6.45) is 2.46. The molecule has 0 atom stereocenters. The number of esters is 1. The Kier molecular flexibility index (Phi) is 4.22. The van der Waals surface area contributed by atoms with Crippen LogP contribution in [0.15, 0.2) is 5.16 Å². The van der Waals surface area contributed by atoms with Crippen molar-refractivity contribution in [2.45, 2.75) is 40.0 Å². The fourth-order valence-corrected chi connectivity index (χ4v) is 2.41. The number of ether oxygens (including phenoxy) is 1.